The van der Waals surface area contributed by atoms with Gasteiger partial charge in [0.15, 0.2) is 0 Å². The Morgan fingerprint density at radius 2 is 1.23 bits per heavy atom. The summed E-state index contributed by atoms with van der Waals surface area (Å²) in [7, 11) is 0. The molecule has 1 radical (unpaired) electrons. The molecule has 0 spiro atoms. The molecule has 0 aromatic heterocycles. The molecule has 0 aliphatic heterocycles. The number of rotatable bonds is 0. The minimum absolute atomic E-state index is 0. The number of nitrogen functional groups attached to an aromatic ring is 1. The quantitative estimate of drug-likeness (QED) is 0.501. The summed E-state index contributed by atoms with van der Waals surface area (Å²) >= 11 is 0. The van der Waals surface area contributed by atoms with Crippen molar-refractivity contribution in [1.82, 2.24) is 0 Å². The molecule has 3 heteroatoms. The van der Waals surface area contributed by atoms with Crippen LogP contribution in [-0.2, 0) is 53.8 Å². The first kappa shape index (κ1) is 29.2. The Kier molecular flexibility index (Phi) is 51.7. The minimum atomic E-state index is 0. The molecule has 13 heavy (non-hydrogen) atoms. The molecule has 0 fully saturated rings. The van der Waals surface area contributed by atoms with Crippen LogP contribution in [0.5, 0.6) is 0 Å². The average molecular weight is 426 g/mol. The van der Waals surface area contributed by atoms with E-state index in [4.69, 9.17) is 5.73 Å². The predicted molar refractivity (Wildman–Crippen MR) is 55.0 cm³/mol. The van der Waals surface area contributed by atoms with E-state index in [0.29, 0.717) is 0 Å². The van der Waals surface area contributed by atoms with Crippen LogP contribution in [0.4, 0.5) is 5.69 Å². The predicted octanol–water partition coefficient (Wildman–Crippen LogP) is 3.19. The summed E-state index contributed by atoms with van der Waals surface area (Å²) in [6.07, 6.45) is 0. The van der Waals surface area contributed by atoms with Gasteiger partial charge >= 0.3 is 0 Å². The Hall–Kier alpha value is 0.812. The normalized spacial score (nSPS) is 5.08. The van der Waals surface area contributed by atoms with Crippen molar-refractivity contribution >= 4 is 5.69 Å². The number of benzene rings is 1. The third-order valence-corrected chi connectivity index (χ3v) is 0.800. The van der Waals surface area contributed by atoms with Gasteiger partial charge in [0.05, 0.1) is 0 Å². The average Bonchev–Trinajstić information content (AvgIpc) is 1.94. The summed E-state index contributed by atoms with van der Waals surface area (Å²) in [4.78, 5) is 0. The van der Waals surface area contributed by atoms with Crippen LogP contribution in [0.15, 0.2) is 30.3 Å². The molecule has 0 saturated carbocycles. The van der Waals surface area contributed by atoms with Crippen LogP contribution in [-0.4, -0.2) is 0 Å². The molecule has 1 aromatic rings. The van der Waals surface area contributed by atoms with E-state index < -0.39 is 0 Å². The van der Waals surface area contributed by atoms with Crippen LogP contribution in [0.25, 0.3) is 0 Å². The first-order valence-corrected chi connectivity index (χ1v) is 3.20. The van der Waals surface area contributed by atoms with E-state index >= 15 is 0 Å². The molecule has 0 saturated heterocycles. The molecular weight excluding hydrogens is 407 g/mol. The van der Waals surface area contributed by atoms with Gasteiger partial charge in [0.2, 0.25) is 0 Å². The third-order valence-electron chi connectivity index (χ3n) is 0.800. The van der Waals surface area contributed by atoms with Crippen molar-refractivity contribution in [2.45, 2.75) is 13.8 Å². The number of hydrogen-bond donors (Lipinski definition) is 1. The van der Waals surface area contributed by atoms with Crippen LogP contribution >= 0.6 is 0 Å². The van der Waals surface area contributed by atoms with Gasteiger partial charge < -0.3 is 20.6 Å². The second kappa shape index (κ2) is 23.0. The van der Waals surface area contributed by atoms with Gasteiger partial charge in [-0.25, -0.2) is 0 Å². The number of hydrogen-bond acceptors (Lipinski definition) is 1. The van der Waals surface area contributed by atoms with E-state index in [1.165, 1.54) is 0 Å². The van der Waals surface area contributed by atoms with Crippen molar-refractivity contribution in [2.75, 3.05) is 5.73 Å². The van der Waals surface area contributed by atoms with E-state index in [1.807, 2.05) is 44.2 Å². The molecule has 1 rings (SSSR count). The fourth-order valence-electron chi connectivity index (χ4n) is 0.453. The topological polar surface area (TPSA) is 26.0 Å². The van der Waals surface area contributed by atoms with E-state index in [0.717, 1.165) is 5.69 Å². The monoisotopic (exact) mass is 426 g/mol. The Bertz CT molecular complexity index is 145. The summed E-state index contributed by atoms with van der Waals surface area (Å²) in [6, 6.07) is 9.49. The standard InChI is InChI=1S/C6H7N.C2H6.2CH3.W.Y/c7-6-4-2-1-3-5-6;1-2;;;;/h1-5H,7H2;1-2H3;2*1H3;;/q;;2*-1;;. The van der Waals surface area contributed by atoms with Crippen LogP contribution in [0.1, 0.15) is 13.8 Å². The van der Waals surface area contributed by atoms with Crippen molar-refractivity contribution in [3.63, 3.8) is 0 Å². The fraction of sp³-hybridized carbons (Fsp3) is 0.200. The van der Waals surface area contributed by atoms with E-state index in [-0.39, 0.29) is 68.6 Å². The smallest absolute Gasteiger partial charge is 0.0313 e. The first-order chi connectivity index (χ1) is 4.39. The maximum absolute atomic E-state index is 5.36. The largest absolute Gasteiger partial charge is 0.399 e. The van der Waals surface area contributed by atoms with Gasteiger partial charge in [-0.15, -0.1) is 0 Å². The van der Waals surface area contributed by atoms with Gasteiger partial charge in [-0.05, 0) is 12.1 Å². The van der Waals surface area contributed by atoms with Gasteiger partial charge in [-0.3, -0.25) is 0 Å². The molecule has 2 N–H and O–H groups in total. The first-order valence-electron chi connectivity index (χ1n) is 3.20. The van der Waals surface area contributed by atoms with Crippen molar-refractivity contribution in [3.05, 3.63) is 45.2 Å². The fourth-order valence-corrected chi connectivity index (χ4v) is 0.453. The van der Waals surface area contributed by atoms with Gasteiger partial charge in [-0.1, -0.05) is 32.0 Å². The van der Waals surface area contributed by atoms with E-state index in [1.54, 1.807) is 0 Å². The molecule has 1 aromatic carbocycles. The number of nitrogens with two attached hydrogens (primary N) is 1. The molecular formula is C10H19NWY-2. The van der Waals surface area contributed by atoms with Crippen LogP contribution < -0.4 is 5.73 Å². The van der Waals surface area contributed by atoms with Crippen LogP contribution in [0.2, 0.25) is 0 Å². The zero-order chi connectivity index (χ0) is 7.11. The summed E-state index contributed by atoms with van der Waals surface area (Å²) in [5.41, 5.74) is 6.18. The SMILES string of the molecule is CC.Nc1ccccc1.[CH3-].[CH3-].[W].[Y]. The summed E-state index contributed by atoms with van der Waals surface area (Å²) in [6.45, 7) is 4.00. The Morgan fingerprint density at radius 3 is 1.38 bits per heavy atom. The van der Waals surface area contributed by atoms with Crippen LogP contribution in [0.3, 0.4) is 0 Å². The number of para-hydroxylation sites is 1. The maximum Gasteiger partial charge on any atom is 0.0313 e. The van der Waals surface area contributed by atoms with Crippen molar-refractivity contribution in [3.8, 4) is 0 Å². The van der Waals surface area contributed by atoms with Gasteiger partial charge in [-0.2, -0.15) is 0 Å². The molecule has 0 bridgehead atoms. The second-order valence-corrected chi connectivity index (χ2v) is 1.41. The van der Waals surface area contributed by atoms with Gasteiger partial charge in [0, 0.05) is 59.5 Å². The second-order valence-electron chi connectivity index (χ2n) is 1.41. The summed E-state index contributed by atoms with van der Waals surface area (Å²) < 4.78 is 0. The van der Waals surface area contributed by atoms with Crippen molar-refractivity contribution in [1.29, 1.82) is 0 Å². The minimum Gasteiger partial charge on any atom is -0.399 e. The summed E-state index contributed by atoms with van der Waals surface area (Å²) in [5, 5.41) is 0. The Labute approximate surface area is 123 Å². The molecule has 0 aliphatic rings. The van der Waals surface area contributed by atoms with Gasteiger partial charge in [0.25, 0.3) is 0 Å². The van der Waals surface area contributed by atoms with Crippen LogP contribution in [0, 0.1) is 14.9 Å². The number of anilines is 1. The van der Waals surface area contributed by atoms with Crippen molar-refractivity contribution in [2.24, 2.45) is 0 Å². The maximum atomic E-state index is 5.36. The molecule has 0 aliphatic carbocycles. The zero-order valence-electron chi connectivity index (χ0n) is 8.95. The molecule has 0 amide bonds. The van der Waals surface area contributed by atoms with Gasteiger partial charge in [0.1, 0.15) is 0 Å². The van der Waals surface area contributed by atoms with Crippen molar-refractivity contribution < 1.29 is 53.8 Å². The molecule has 0 heterocycles. The Balaban J connectivity index is -0.0000000335. The van der Waals surface area contributed by atoms with E-state index in [9.17, 15) is 0 Å². The van der Waals surface area contributed by atoms with E-state index in [2.05, 4.69) is 0 Å². The zero-order valence-corrected chi connectivity index (χ0v) is 14.7. The molecule has 0 unspecified atom stereocenters. The summed E-state index contributed by atoms with van der Waals surface area (Å²) in [5.74, 6) is 0. The molecule has 0 atom stereocenters. The Morgan fingerprint density at radius 1 is 0.923 bits per heavy atom. The molecule has 1 nitrogen and oxygen atoms in total. The molecule has 75 valence electrons. The third kappa shape index (κ3) is 19.3.